The zero-order valence-corrected chi connectivity index (χ0v) is 18.2. The predicted octanol–water partition coefficient (Wildman–Crippen LogP) is 5.98. The molecular formula is C27H26N2O2. The van der Waals surface area contributed by atoms with Crippen LogP contribution in [0.2, 0.25) is 0 Å². The van der Waals surface area contributed by atoms with Crippen LogP contribution in [0.3, 0.4) is 0 Å². The third-order valence-electron chi connectivity index (χ3n) is 6.77. The topological polar surface area (TPSA) is 53.2 Å². The molecule has 3 aromatic carbocycles. The number of hydrogen-bond acceptors (Lipinski definition) is 2. The average Bonchev–Trinajstić information content (AvgIpc) is 3.11. The van der Waals surface area contributed by atoms with Gasteiger partial charge in [-0.25, -0.2) is 0 Å². The second-order valence-corrected chi connectivity index (χ2v) is 8.56. The Labute approximate surface area is 181 Å². The Morgan fingerprint density at radius 3 is 2.29 bits per heavy atom. The highest BCUT2D eigenvalue weighted by atomic mass is 16.2. The Balaban J connectivity index is 1.49. The van der Waals surface area contributed by atoms with Crippen LogP contribution in [0, 0.1) is 6.92 Å². The highest BCUT2D eigenvalue weighted by molar-refractivity contribution is 6.25. The summed E-state index contributed by atoms with van der Waals surface area (Å²) >= 11 is 0. The van der Waals surface area contributed by atoms with Crippen molar-refractivity contribution < 1.29 is 9.59 Å². The van der Waals surface area contributed by atoms with E-state index in [9.17, 15) is 9.59 Å². The molecule has 4 aromatic rings. The van der Waals surface area contributed by atoms with E-state index in [0.717, 1.165) is 28.4 Å². The van der Waals surface area contributed by atoms with Crippen LogP contribution in [-0.4, -0.2) is 28.2 Å². The van der Waals surface area contributed by atoms with Gasteiger partial charge in [-0.3, -0.25) is 14.5 Å². The van der Waals surface area contributed by atoms with E-state index in [2.05, 4.69) is 44.0 Å². The molecule has 5 rings (SSSR count). The van der Waals surface area contributed by atoms with Crippen LogP contribution in [-0.2, 0) is 6.42 Å². The van der Waals surface area contributed by atoms with Crippen molar-refractivity contribution in [1.29, 1.82) is 0 Å². The summed E-state index contributed by atoms with van der Waals surface area (Å²) in [4.78, 5) is 31.3. The fraction of sp³-hybridized carbons (Fsp3) is 0.259. The molecule has 4 heteroatoms. The summed E-state index contributed by atoms with van der Waals surface area (Å²) in [5.41, 5.74) is 5.92. The van der Waals surface area contributed by atoms with Gasteiger partial charge in [0.15, 0.2) is 0 Å². The summed E-state index contributed by atoms with van der Waals surface area (Å²) in [5, 5.41) is 2.90. The lowest BCUT2D eigenvalue weighted by molar-refractivity contribution is 0.0612. The molecule has 0 spiro atoms. The van der Waals surface area contributed by atoms with Gasteiger partial charge >= 0.3 is 0 Å². The molecule has 156 valence electrons. The van der Waals surface area contributed by atoms with E-state index < -0.39 is 0 Å². The van der Waals surface area contributed by atoms with E-state index in [1.165, 1.54) is 21.4 Å². The monoisotopic (exact) mass is 410 g/mol. The molecule has 4 nitrogen and oxygen atoms in total. The Hall–Kier alpha value is -3.40. The number of aromatic nitrogens is 1. The number of nitrogens with zero attached hydrogens (tertiary/aromatic N) is 1. The maximum Gasteiger partial charge on any atom is 0.261 e. The van der Waals surface area contributed by atoms with Crippen molar-refractivity contribution in [2.75, 3.05) is 6.54 Å². The largest absolute Gasteiger partial charge is 0.358 e. The van der Waals surface area contributed by atoms with Crippen molar-refractivity contribution in [3.63, 3.8) is 0 Å². The molecule has 0 aliphatic carbocycles. The second-order valence-electron chi connectivity index (χ2n) is 8.56. The third-order valence-corrected chi connectivity index (χ3v) is 6.77. The number of fused-ring (bicyclic) bond motifs is 1. The van der Waals surface area contributed by atoms with E-state index in [1.807, 2.05) is 36.4 Å². The number of nitrogens with one attached hydrogen (secondary N) is 1. The first-order valence-corrected chi connectivity index (χ1v) is 11.0. The Morgan fingerprint density at radius 1 is 0.968 bits per heavy atom. The van der Waals surface area contributed by atoms with Crippen LogP contribution in [0.5, 0.6) is 0 Å². The first kappa shape index (κ1) is 19.6. The lowest BCUT2D eigenvalue weighted by Crippen LogP contribution is -2.41. The van der Waals surface area contributed by atoms with Crippen LogP contribution in [0.25, 0.3) is 21.7 Å². The van der Waals surface area contributed by atoms with E-state index in [0.29, 0.717) is 30.0 Å². The molecule has 0 radical (unpaired) electrons. The van der Waals surface area contributed by atoms with Crippen LogP contribution in [0.4, 0.5) is 0 Å². The molecule has 1 unspecified atom stereocenters. The smallest absolute Gasteiger partial charge is 0.261 e. The third kappa shape index (κ3) is 3.05. The standard InChI is InChI=1S/C27H26N2O2/c1-4-16(2)19-11-12-24-23(15-19)20(17(3)28-24)13-14-29-26(30)21-9-5-7-18-8-6-10-22(25(18)21)27(29)31/h5-12,15-16,28H,4,13-14H2,1-3H3. The minimum atomic E-state index is -0.202. The predicted molar refractivity (Wildman–Crippen MR) is 125 cm³/mol. The number of hydrogen-bond donors (Lipinski definition) is 1. The number of aryl methyl sites for hydroxylation is 1. The summed E-state index contributed by atoms with van der Waals surface area (Å²) in [5.74, 6) is 0.0916. The minimum Gasteiger partial charge on any atom is -0.358 e. The fourth-order valence-corrected chi connectivity index (χ4v) is 4.77. The Kier molecular flexibility index (Phi) is 4.66. The number of carbonyl (C=O) groups excluding carboxylic acids is 2. The van der Waals surface area contributed by atoms with E-state index in [1.54, 1.807) is 0 Å². The number of H-pyrrole nitrogens is 1. The van der Waals surface area contributed by atoms with E-state index in [4.69, 9.17) is 0 Å². The maximum atomic E-state index is 13.2. The summed E-state index contributed by atoms with van der Waals surface area (Å²) in [6, 6.07) is 17.9. The zero-order valence-electron chi connectivity index (χ0n) is 18.2. The summed E-state index contributed by atoms with van der Waals surface area (Å²) in [7, 11) is 0. The lowest BCUT2D eigenvalue weighted by Gasteiger charge is -2.27. The highest BCUT2D eigenvalue weighted by Gasteiger charge is 2.32. The number of amides is 2. The van der Waals surface area contributed by atoms with Gasteiger partial charge < -0.3 is 4.98 Å². The van der Waals surface area contributed by atoms with Gasteiger partial charge in [0.25, 0.3) is 11.8 Å². The number of aromatic amines is 1. The minimum absolute atomic E-state index is 0.202. The number of benzene rings is 3. The van der Waals surface area contributed by atoms with Crippen molar-refractivity contribution in [3.8, 4) is 0 Å². The van der Waals surface area contributed by atoms with E-state index >= 15 is 0 Å². The van der Waals surface area contributed by atoms with Crippen LogP contribution < -0.4 is 0 Å². The van der Waals surface area contributed by atoms with Gasteiger partial charge in [-0.1, -0.05) is 44.2 Å². The Bertz CT molecular complexity index is 1300. The molecule has 2 heterocycles. The first-order chi connectivity index (χ1) is 15.0. The molecule has 1 aliphatic rings. The van der Waals surface area contributed by atoms with Crippen molar-refractivity contribution in [3.05, 3.63) is 82.5 Å². The molecule has 1 N–H and O–H groups in total. The van der Waals surface area contributed by atoms with Crippen LogP contribution in [0.1, 0.15) is 63.7 Å². The molecule has 0 fully saturated rings. The van der Waals surface area contributed by atoms with Gasteiger partial charge in [0.2, 0.25) is 0 Å². The normalized spacial score (nSPS) is 14.6. The van der Waals surface area contributed by atoms with Gasteiger partial charge in [0.05, 0.1) is 0 Å². The SMILES string of the molecule is CCC(C)c1ccc2[nH]c(C)c(CCN3C(=O)c4cccc5cccc(c45)C3=O)c2c1. The van der Waals surface area contributed by atoms with Crippen molar-refractivity contribution in [2.45, 2.75) is 39.5 Å². The van der Waals surface area contributed by atoms with Crippen molar-refractivity contribution >= 4 is 33.5 Å². The molecule has 31 heavy (non-hydrogen) atoms. The molecule has 0 saturated carbocycles. The van der Waals surface area contributed by atoms with Gasteiger partial charge in [-0.2, -0.15) is 0 Å². The van der Waals surface area contributed by atoms with Crippen molar-refractivity contribution in [2.24, 2.45) is 0 Å². The van der Waals surface area contributed by atoms with Gasteiger partial charge in [-0.15, -0.1) is 0 Å². The zero-order chi connectivity index (χ0) is 21.7. The average molecular weight is 411 g/mol. The summed E-state index contributed by atoms with van der Waals surface area (Å²) in [6.45, 7) is 6.87. The van der Waals surface area contributed by atoms with Crippen molar-refractivity contribution in [1.82, 2.24) is 9.88 Å². The molecule has 2 amide bonds. The molecule has 0 bridgehead atoms. The molecule has 1 atom stereocenters. The van der Waals surface area contributed by atoms with Gasteiger partial charge in [-0.05, 0) is 66.5 Å². The van der Waals surface area contributed by atoms with Crippen LogP contribution >= 0.6 is 0 Å². The number of carbonyl (C=O) groups is 2. The summed E-state index contributed by atoms with van der Waals surface area (Å²) in [6.07, 6.45) is 1.72. The molecule has 0 saturated heterocycles. The lowest BCUT2D eigenvalue weighted by atomic mass is 9.93. The molecular weight excluding hydrogens is 384 g/mol. The molecule has 1 aliphatic heterocycles. The van der Waals surface area contributed by atoms with E-state index in [-0.39, 0.29) is 11.8 Å². The number of rotatable bonds is 5. The fourth-order valence-electron chi connectivity index (χ4n) is 4.77. The van der Waals surface area contributed by atoms with Gasteiger partial charge in [0.1, 0.15) is 0 Å². The quantitative estimate of drug-likeness (QED) is 0.411. The second kappa shape index (κ2) is 7.38. The van der Waals surface area contributed by atoms with Gasteiger partial charge in [0, 0.05) is 39.7 Å². The maximum absolute atomic E-state index is 13.2. The Morgan fingerprint density at radius 2 is 1.65 bits per heavy atom. The molecule has 1 aromatic heterocycles. The van der Waals surface area contributed by atoms with Crippen LogP contribution in [0.15, 0.2) is 54.6 Å². The number of imide groups is 1. The highest BCUT2D eigenvalue weighted by Crippen LogP contribution is 2.31. The summed E-state index contributed by atoms with van der Waals surface area (Å²) < 4.78 is 0. The first-order valence-electron chi connectivity index (χ1n) is 11.0.